The molecule has 3 heteroatoms. The molecule has 9 rings (SSSR count). The van der Waals surface area contributed by atoms with Crippen molar-refractivity contribution in [2.24, 2.45) is 0 Å². The number of para-hydroxylation sites is 4. The van der Waals surface area contributed by atoms with Gasteiger partial charge in [-0.05, 0) is 55.0 Å². The molecule has 248 valence electrons. The zero-order valence-corrected chi connectivity index (χ0v) is 29.7. The van der Waals surface area contributed by atoms with Crippen LogP contribution in [0.25, 0.3) is 71.2 Å². The molecule has 2 heterocycles. The lowest BCUT2D eigenvalue weighted by molar-refractivity contribution is 1.07. The normalized spacial score (nSPS) is 12.2. The molecule has 0 bridgehead atoms. The summed E-state index contributed by atoms with van der Waals surface area (Å²) in [6.45, 7) is 6.22. The molecule has 0 amide bonds. The highest BCUT2D eigenvalue weighted by atomic mass is 32.1. The summed E-state index contributed by atoms with van der Waals surface area (Å²) in [6.07, 6.45) is 6.23. The number of anilines is 3. The Morgan fingerprint density at radius 2 is 1.13 bits per heavy atom. The number of thiophene rings is 1. The fraction of sp³-hybridized carbons (Fsp3) is 0.0204. The van der Waals surface area contributed by atoms with Crippen LogP contribution in [-0.4, -0.2) is 4.57 Å². The van der Waals surface area contributed by atoms with Gasteiger partial charge in [0.25, 0.3) is 0 Å². The number of hydrogen-bond donors (Lipinski definition) is 0. The van der Waals surface area contributed by atoms with Gasteiger partial charge >= 0.3 is 0 Å². The van der Waals surface area contributed by atoms with Crippen molar-refractivity contribution in [3.8, 4) is 27.9 Å². The molecule has 0 unspecified atom stereocenters. The first-order valence-corrected chi connectivity index (χ1v) is 18.5. The average Bonchev–Trinajstić information content (AvgIpc) is 3.74. The van der Waals surface area contributed by atoms with Crippen molar-refractivity contribution in [1.82, 2.24) is 4.57 Å². The van der Waals surface area contributed by atoms with E-state index in [1.807, 2.05) is 17.4 Å². The van der Waals surface area contributed by atoms with Crippen molar-refractivity contribution >= 4 is 71.6 Å². The smallest absolute Gasteiger partial charge is 0.0640 e. The van der Waals surface area contributed by atoms with Crippen molar-refractivity contribution in [3.05, 3.63) is 193 Å². The molecule has 0 aliphatic rings. The Kier molecular flexibility index (Phi) is 8.11. The molecule has 0 saturated carbocycles. The molecule has 0 fully saturated rings. The second kappa shape index (κ2) is 13.4. The second-order valence-corrected chi connectivity index (χ2v) is 13.9. The van der Waals surface area contributed by atoms with Crippen LogP contribution in [0.15, 0.2) is 183 Å². The van der Waals surface area contributed by atoms with Gasteiger partial charge in [0.05, 0.1) is 38.3 Å². The topological polar surface area (TPSA) is 8.17 Å². The Balaban J connectivity index is 1.37. The van der Waals surface area contributed by atoms with Crippen LogP contribution in [0.3, 0.4) is 0 Å². The van der Waals surface area contributed by atoms with Crippen LogP contribution in [0.5, 0.6) is 0 Å². The zero-order chi connectivity index (χ0) is 35.0. The Morgan fingerprint density at radius 1 is 0.538 bits per heavy atom. The number of aromatic nitrogens is 1. The third-order valence-corrected chi connectivity index (χ3v) is 11.2. The first-order valence-electron chi connectivity index (χ1n) is 17.7. The lowest BCUT2D eigenvalue weighted by Crippen LogP contribution is -2.28. The van der Waals surface area contributed by atoms with E-state index in [4.69, 9.17) is 0 Å². The fourth-order valence-electron chi connectivity index (χ4n) is 7.74. The maximum atomic E-state index is 4.11. The molecule has 0 saturated heterocycles. The van der Waals surface area contributed by atoms with Gasteiger partial charge in [-0.25, -0.2) is 0 Å². The Bertz CT molecular complexity index is 2890. The van der Waals surface area contributed by atoms with Gasteiger partial charge in [-0.3, -0.25) is 0 Å². The molecule has 0 radical (unpaired) electrons. The minimum Gasteiger partial charge on any atom is -0.309 e. The molecule has 0 atom stereocenters. The molecular weight excluding hydrogens is 649 g/mol. The third-order valence-electron chi connectivity index (χ3n) is 9.95. The monoisotopic (exact) mass is 684 g/mol. The van der Waals surface area contributed by atoms with E-state index in [1.165, 1.54) is 41.9 Å². The maximum Gasteiger partial charge on any atom is 0.0640 e. The first kappa shape index (κ1) is 31.6. The predicted octanol–water partition coefficient (Wildman–Crippen LogP) is 12.6. The summed E-state index contributed by atoms with van der Waals surface area (Å²) in [4.78, 5) is 2.49. The SMILES string of the molecule is C=C/C=c1\c(=C/C)c2ccccc2n1-c1ccccc1-c1ccccc1N(c1ccccc1-c1ccccc1)c1cccc2c1sc1ccccc12. The molecule has 0 N–H and O–H groups in total. The molecule has 0 spiro atoms. The fourth-order valence-corrected chi connectivity index (χ4v) is 8.95. The molecule has 52 heavy (non-hydrogen) atoms. The summed E-state index contributed by atoms with van der Waals surface area (Å²) in [5.74, 6) is 0. The number of nitrogens with zero attached hydrogens (tertiary/aromatic N) is 2. The van der Waals surface area contributed by atoms with E-state index >= 15 is 0 Å². The number of benzene rings is 7. The van der Waals surface area contributed by atoms with Crippen molar-refractivity contribution in [2.75, 3.05) is 4.90 Å². The van der Waals surface area contributed by atoms with Gasteiger partial charge in [0.2, 0.25) is 0 Å². The second-order valence-electron chi connectivity index (χ2n) is 12.8. The van der Waals surface area contributed by atoms with Crippen LogP contribution in [0.1, 0.15) is 6.92 Å². The summed E-state index contributed by atoms with van der Waals surface area (Å²) in [7, 11) is 0. The van der Waals surface area contributed by atoms with Gasteiger partial charge in [-0.15, -0.1) is 11.3 Å². The highest BCUT2D eigenvalue weighted by Crippen LogP contribution is 2.49. The summed E-state index contributed by atoms with van der Waals surface area (Å²) in [5.41, 5.74) is 10.3. The van der Waals surface area contributed by atoms with Crippen molar-refractivity contribution in [2.45, 2.75) is 6.92 Å². The lowest BCUT2D eigenvalue weighted by atomic mass is 9.97. The molecular formula is C49H36N2S. The van der Waals surface area contributed by atoms with Crippen LogP contribution in [0.2, 0.25) is 0 Å². The van der Waals surface area contributed by atoms with E-state index in [-0.39, 0.29) is 0 Å². The Morgan fingerprint density at radius 3 is 1.92 bits per heavy atom. The van der Waals surface area contributed by atoms with Crippen LogP contribution >= 0.6 is 11.3 Å². The maximum absolute atomic E-state index is 4.11. The number of hydrogen-bond acceptors (Lipinski definition) is 2. The number of rotatable bonds is 7. The number of allylic oxidation sites excluding steroid dienone is 1. The summed E-state index contributed by atoms with van der Waals surface area (Å²) in [5, 5.41) is 6.09. The van der Waals surface area contributed by atoms with Crippen LogP contribution in [0.4, 0.5) is 17.1 Å². The van der Waals surface area contributed by atoms with E-state index in [2.05, 4.69) is 205 Å². The zero-order valence-electron chi connectivity index (χ0n) is 28.9. The minimum absolute atomic E-state index is 1.11. The van der Waals surface area contributed by atoms with Gasteiger partial charge in [-0.1, -0.05) is 152 Å². The molecule has 0 aliphatic heterocycles. The first-order chi connectivity index (χ1) is 25.8. The summed E-state index contributed by atoms with van der Waals surface area (Å²) < 4.78 is 4.94. The molecule has 9 aromatic rings. The van der Waals surface area contributed by atoms with Gasteiger partial charge in [-0.2, -0.15) is 0 Å². The largest absolute Gasteiger partial charge is 0.309 e. The van der Waals surface area contributed by atoms with Crippen molar-refractivity contribution in [3.63, 3.8) is 0 Å². The van der Waals surface area contributed by atoms with Crippen LogP contribution < -0.4 is 15.5 Å². The Labute approximate surface area is 307 Å². The van der Waals surface area contributed by atoms with Crippen molar-refractivity contribution < 1.29 is 0 Å². The summed E-state index contributed by atoms with van der Waals surface area (Å²) >= 11 is 1.86. The molecule has 7 aromatic carbocycles. The van der Waals surface area contributed by atoms with E-state index in [0.29, 0.717) is 0 Å². The van der Waals surface area contributed by atoms with E-state index < -0.39 is 0 Å². The van der Waals surface area contributed by atoms with Gasteiger partial charge in [0.15, 0.2) is 0 Å². The standard InChI is InChI=1S/C49H36N2S/c1-3-19-42-35(4-2)37-23-9-14-29-44(37)50(42)45-30-15-10-24-38(45)39-25-11-16-31-46(39)51(43-28-13-8-22-36(43)34-20-6-5-7-21-34)47-32-18-27-41-40-26-12-17-33-48(40)52-49(41)47/h3-33H,1H2,2H3/b35-4-,42-19+. The Hall–Kier alpha value is -6.42. The molecule has 0 aliphatic carbocycles. The van der Waals surface area contributed by atoms with Gasteiger partial charge in [0.1, 0.15) is 0 Å². The molecule has 2 aromatic heterocycles. The van der Waals surface area contributed by atoms with Crippen LogP contribution in [-0.2, 0) is 0 Å². The third kappa shape index (κ3) is 5.17. The highest BCUT2D eigenvalue weighted by Gasteiger charge is 2.24. The molecule has 2 nitrogen and oxygen atoms in total. The van der Waals surface area contributed by atoms with Crippen molar-refractivity contribution in [1.29, 1.82) is 0 Å². The van der Waals surface area contributed by atoms with E-state index in [1.54, 1.807) is 0 Å². The predicted molar refractivity (Wildman–Crippen MR) is 226 cm³/mol. The van der Waals surface area contributed by atoms with E-state index in [9.17, 15) is 0 Å². The van der Waals surface area contributed by atoms with E-state index in [0.717, 1.165) is 44.7 Å². The highest BCUT2D eigenvalue weighted by molar-refractivity contribution is 7.26. The van der Waals surface area contributed by atoms with Gasteiger partial charge < -0.3 is 9.47 Å². The summed E-state index contributed by atoms with van der Waals surface area (Å²) in [6, 6.07) is 61.4. The number of fused-ring (bicyclic) bond motifs is 4. The van der Waals surface area contributed by atoms with Gasteiger partial charge in [0, 0.05) is 42.8 Å². The lowest BCUT2D eigenvalue weighted by Gasteiger charge is -2.30. The minimum atomic E-state index is 1.11. The van der Waals surface area contributed by atoms with Crippen LogP contribution in [0, 0.1) is 0 Å². The quantitative estimate of drug-likeness (QED) is 0.162. The average molecular weight is 685 g/mol.